The molecule has 2 aromatic rings. The Kier molecular flexibility index (Phi) is 6.64. The summed E-state index contributed by atoms with van der Waals surface area (Å²) in [4.78, 5) is 27.7. The molecule has 5 nitrogen and oxygen atoms in total. The summed E-state index contributed by atoms with van der Waals surface area (Å²) in [7, 11) is 1.64. The average Bonchev–Trinajstić information content (AvgIpc) is 3.51. The Labute approximate surface area is 171 Å². The van der Waals surface area contributed by atoms with Crippen molar-refractivity contribution in [2.75, 3.05) is 25.5 Å². The summed E-state index contributed by atoms with van der Waals surface area (Å²) >= 11 is 0. The SMILES string of the molecule is Cc1cccc(C)c1NC(=O)CN(C)C(=O)C[NH+](Cc1ccccc1F)C1CC1. The summed E-state index contributed by atoms with van der Waals surface area (Å²) in [6, 6.07) is 12.9. The van der Waals surface area contributed by atoms with Gasteiger partial charge < -0.3 is 15.1 Å². The maximum absolute atomic E-state index is 14.0. The Hall–Kier alpha value is -2.73. The molecule has 2 aromatic carbocycles. The zero-order valence-corrected chi connectivity index (χ0v) is 17.3. The second-order valence-electron chi connectivity index (χ2n) is 7.94. The predicted octanol–water partition coefficient (Wildman–Crippen LogP) is 2.09. The number of quaternary nitrogens is 1. The third kappa shape index (κ3) is 5.64. The highest BCUT2D eigenvalue weighted by atomic mass is 19.1. The normalized spacial score (nSPS) is 14.3. The first-order valence-electron chi connectivity index (χ1n) is 10.0. The summed E-state index contributed by atoms with van der Waals surface area (Å²) in [5, 5.41) is 2.91. The van der Waals surface area contributed by atoms with Gasteiger partial charge >= 0.3 is 0 Å². The van der Waals surface area contributed by atoms with Gasteiger partial charge in [0.1, 0.15) is 12.4 Å². The van der Waals surface area contributed by atoms with Crippen LogP contribution in [0, 0.1) is 19.7 Å². The first kappa shape index (κ1) is 21.0. The molecule has 3 rings (SSSR count). The Morgan fingerprint density at radius 1 is 1.10 bits per heavy atom. The van der Waals surface area contributed by atoms with Crippen LogP contribution in [0.3, 0.4) is 0 Å². The fourth-order valence-corrected chi connectivity index (χ4v) is 3.55. The van der Waals surface area contributed by atoms with Gasteiger partial charge in [-0.1, -0.05) is 36.4 Å². The van der Waals surface area contributed by atoms with Gasteiger partial charge in [0.05, 0.1) is 12.6 Å². The minimum atomic E-state index is -0.237. The number of halogens is 1. The highest BCUT2D eigenvalue weighted by Gasteiger charge is 2.35. The lowest BCUT2D eigenvalue weighted by molar-refractivity contribution is -0.917. The Morgan fingerprint density at radius 3 is 2.38 bits per heavy atom. The highest BCUT2D eigenvalue weighted by Crippen LogP contribution is 2.19. The van der Waals surface area contributed by atoms with E-state index in [2.05, 4.69) is 5.32 Å². The van der Waals surface area contributed by atoms with Crippen molar-refractivity contribution >= 4 is 17.5 Å². The number of anilines is 1. The van der Waals surface area contributed by atoms with Gasteiger partial charge in [-0.25, -0.2) is 4.39 Å². The molecule has 1 aliphatic carbocycles. The van der Waals surface area contributed by atoms with E-state index >= 15 is 0 Å². The van der Waals surface area contributed by atoms with Crippen LogP contribution < -0.4 is 10.2 Å². The third-order valence-electron chi connectivity index (χ3n) is 5.46. The number of nitrogens with one attached hydrogen (secondary N) is 2. The molecule has 1 unspecified atom stereocenters. The summed E-state index contributed by atoms with van der Waals surface area (Å²) < 4.78 is 14.0. The predicted molar refractivity (Wildman–Crippen MR) is 111 cm³/mol. The van der Waals surface area contributed by atoms with Crippen LogP contribution in [0.15, 0.2) is 42.5 Å². The molecule has 0 heterocycles. The molecular formula is C23H29FN3O2+. The van der Waals surface area contributed by atoms with Crippen molar-refractivity contribution in [3.8, 4) is 0 Å². The van der Waals surface area contributed by atoms with E-state index in [4.69, 9.17) is 0 Å². The number of amides is 2. The molecule has 29 heavy (non-hydrogen) atoms. The third-order valence-corrected chi connectivity index (χ3v) is 5.46. The van der Waals surface area contributed by atoms with E-state index in [1.807, 2.05) is 38.1 Å². The van der Waals surface area contributed by atoms with Crippen LogP contribution in [0.1, 0.15) is 29.5 Å². The number of carbonyl (C=O) groups excluding carboxylic acids is 2. The monoisotopic (exact) mass is 398 g/mol. The van der Waals surface area contributed by atoms with Crippen molar-refractivity contribution in [3.63, 3.8) is 0 Å². The van der Waals surface area contributed by atoms with Gasteiger partial charge in [-0.15, -0.1) is 0 Å². The molecule has 0 bridgehead atoms. The minimum Gasteiger partial charge on any atom is -0.332 e. The lowest BCUT2D eigenvalue weighted by Gasteiger charge is -2.23. The lowest BCUT2D eigenvalue weighted by Crippen LogP contribution is -3.13. The summed E-state index contributed by atoms with van der Waals surface area (Å²) in [5.41, 5.74) is 3.39. The Bertz CT molecular complexity index is 875. The molecule has 6 heteroatoms. The summed E-state index contributed by atoms with van der Waals surface area (Å²) in [6.45, 7) is 4.61. The molecule has 0 aliphatic heterocycles. The fraction of sp³-hybridized carbons (Fsp3) is 0.391. The fourth-order valence-electron chi connectivity index (χ4n) is 3.55. The second kappa shape index (κ2) is 9.18. The van der Waals surface area contributed by atoms with Crippen LogP contribution in [0.5, 0.6) is 0 Å². The van der Waals surface area contributed by atoms with Crippen molar-refractivity contribution in [2.24, 2.45) is 0 Å². The molecule has 0 spiro atoms. The van der Waals surface area contributed by atoms with E-state index in [0.717, 1.165) is 34.6 Å². The maximum atomic E-state index is 14.0. The van der Waals surface area contributed by atoms with Crippen LogP contribution in [-0.4, -0.2) is 42.9 Å². The van der Waals surface area contributed by atoms with Gasteiger partial charge in [-0.05, 0) is 31.0 Å². The van der Waals surface area contributed by atoms with Gasteiger partial charge in [0.25, 0.3) is 5.91 Å². The van der Waals surface area contributed by atoms with Crippen LogP contribution in [0.25, 0.3) is 0 Å². The smallest absolute Gasteiger partial charge is 0.277 e. The van der Waals surface area contributed by atoms with Crippen LogP contribution >= 0.6 is 0 Å². The Morgan fingerprint density at radius 2 is 1.76 bits per heavy atom. The number of para-hydroxylation sites is 1. The molecular weight excluding hydrogens is 369 g/mol. The number of benzene rings is 2. The molecule has 1 atom stereocenters. The lowest BCUT2D eigenvalue weighted by atomic mass is 10.1. The molecule has 2 N–H and O–H groups in total. The van der Waals surface area contributed by atoms with Crippen molar-refractivity contribution < 1.29 is 18.9 Å². The van der Waals surface area contributed by atoms with E-state index in [0.29, 0.717) is 18.2 Å². The van der Waals surface area contributed by atoms with Gasteiger partial charge in [0, 0.05) is 31.1 Å². The van der Waals surface area contributed by atoms with E-state index in [1.54, 1.807) is 19.2 Å². The van der Waals surface area contributed by atoms with Gasteiger partial charge in [0.2, 0.25) is 5.91 Å². The van der Waals surface area contributed by atoms with Crippen LogP contribution in [0.2, 0.25) is 0 Å². The topological polar surface area (TPSA) is 53.9 Å². The van der Waals surface area contributed by atoms with Gasteiger partial charge in [-0.3, -0.25) is 9.59 Å². The molecule has 0 saturated heterocycles. The number of rotatable bonds is 8. The molecule has 0 radical (unpaired) electrons. The number of nitrogens with zero attached hydrogens (tertiary/aromatic N) is 1. The van der Waals surface area contributed by atoms with E-state index in [1.165, 1.54) is 11.0 Å². The summed E-state index contributed by atoms with van der Waals surface area (Å²) in [6.07, 6.45) is 2.10. The van der Waals surface area contributed by atoms with E-state index in [9.17, 15) is 14.0 Å². The van der Waals surface area contributed by atoms with Crippen molar-refractivity contribution in [3.05, 3.63) is 65.0 Å². The largest absolute Gasteiger partial charge is 0.332 e. The van der Waals surface area contributed by atoms with Crippen molar-refractivity contribution in [2.45, 2.75) is 39.3 Å². The van der Waals surface area contributed by atoms with Gasteiger partial charge in [-0.2, -0.15) is 0 Å². The standard InChI is InChI=1S/C23H28FN3O2/c1-16-7-6-8-17(2)23(16)25-21(28)14-26(3)22(29)15-27(19-11-12-19)13-18-9-4-5-10-20(18)24/h4-10,19H,11-15H2,1-3H3,(H,25,28)/p+1. The number of likely N-dealkylation sites (N-methyl/N-ethyl adjacent to an activating group) is 1. The van der Waals surface area contributed by atoms with Crippen molar-refractivity contribution in [1.82, 2.24) is 4.90 Å². The first-order chi connectivity index (χ1) is 13.8. The average molecular weight is 399 g/mol. The van der Waals surface area contributed by atoms with E-state index in [-0.39, 0.29) is 30.7 Å². The number of hydrogen-bond acceptors (Lipinski definition) is 2. The van der Waals surface area contributed by atoms with Crippen molar-refractivity contribution in [1.29, 1.82) is 0 Å². The molecule has 2 amide bonds. The molecule has 1 saturated carbocycles. The quantitative estimate of drug-likeness (QED) is 0.716. The van der Waals surface area contributed by atoms with Crippen LogP contribution in [-0.2, 0) is 16.1 Å². The maximum Gasteiger partial charge on any atom is 0.277 e. The van der Waals surface area contributed by atoms with Crippen LogP contribution in [0.4, 0.5) is 10.1 Å². The minimum absolute atomic E-state index is 0.00967. The molecule has 0 aromatic heterocycles. The number of hydrogen-bond donors (Lipinski definition) is 2. The Balaban J connectivity index is 1.57. The first-order valence-corrected chi connectivity index (χ1v) is 10.0. The zero-order chi connectivity index (χ0) is 21.0. The number of carbonyl (C=O) groups is 2. The molecule has 154 valence electrons. The van der Waals surface area contributed by atoms with Gasteiger partial charge in [0.15, 0.2) is 6.54 Å². The highest BCUT2D eigenvalue weighted by molar-refractivity contribution is 5.95. The molecule has 1 fully saturated rings. The number of aryl methyl sites for hydroxylation is 2. The summed E-state index contributed by atoms with van der Waals surface area (Å²) in [5.74, 6) is -0.570. The molecule has 1 aliphatic rings. The second-order valence-corrected chi connectivity index (χ2v) is 7.94. The van der Waals surface area contributed by atoms with E-state index < -0.39 is 0 Å². The zero-order valence-electron chi connectivity index (χ0n) is 17.3.